The zero-order valence-electron chi connectivity index (χ0n) is 9.37. The van der Waals surface area contributed by atoms with Crippen molar-refractivity contribution in [3.05, 3.63) is 17.5 Å². The van der Waals surface area contributed by atoms with E-state index in [1.807, 2.05) is 17.7 Å². The van der Waals surface area contributed by atoms with Crippen LogP contribution in [-0.2, 0) is 6.42 Å². The van der Waals surface area contributed by atoms with Crippen molar-refractivity contribution in [2.24, 2.45) is 0 Å². The molecular weight excluding hydrogens is 176 g/mol. The van der Waals surface area contributed by atoms with Crippen LogP contribution in [0, 0.1) is 0 Å². The van der Waals surface area contributed by atoms with Crippen LogP contribution in [0.2, 0.25) is 0 Å². The van der Waals surface area contributed by atoms with E-state index in [-0.39, 0.29) is 5.78 Å². The lowest BCUT2D eigenvalue weighted by molar-refractivity contribution is 0.100. The molecule has 0 fully saturated rings. The van der Waals surface area contributed by atoms with Gasteiger partial charge in [0, 0.05) is 13.0 Å². The third-order valence-electron chi connectivity index (χ3n) is 2.52. The van der Waals surface area contributed by atoms with Crippen molar-refractivity contribution in [3.63, 3.8) is 0 Å². The SMILES string of the molecule is CCc1cc(C(C)=O)n(C(C)CC)n1. The van der Waals surface area contributed by atoms with Crippen LogP contribution < -0.4 is 0 Å². The third-order valence-corrected chi connectivity index (χ3v) is 2.52. The molecule has 0 aliphatic heterocycles. The number of hydrogen-bond acceptors (Lipinski definition) is 2. The standard InChI is InChI=1S/C11H18N2O/c1-5-8(3)13-11(9(4)14)7-10(6-2)12-13/h7-8H,5-6H2,1-4H3. The van der Waals surface area contributed by atoms with E-state index < -0.39 is 0 Å². The molecule has 78 valence electrons. The molecule has 1 aromatic heterocycles. The van der Waals surface area contributed by atoms with Gasteiger partial charge in [0.2, 0.25) is 0 Å². The second kappa shape index (κ2) is 4.40. The monoisotopic (exact) mass is 194 g/mol. The fourth-order valence-corrected chi connectivity index (χ4v) is 1.39. The first-order valence-electron chi connectivity index (χ1n) is 5.19. The molecule has 3 nitrogen and oxygen atoms in total. The number of carbonyl (C=O) groups excluding carboxylic acids is 1. The van der Waals surface area contributed by atoms with Gasteiger partial charge in [0.1, 0.15) is 5.69 Å². The number of ketones is 1. The van der Waals surface area contributed by atoms with E-state index in [1.165, 1.54) is 0 Å². The van der Waals surface area contributed by atoms with Crippen LogP contribution in [0.25, 0.3) is 0 Å². The Morgan fingerprint density at radius 1 is 1.57 bits per heavy atom. The van der Waals surface area contributed by atoms with Crippen LogP contribution in [0.5, 0.6) is 0 Å². The van der Waals surface area contributed by atoms with E-state index in [0.717, 1.165) is 24.2 Å². The van der Waals surface area contributed by atoms with E-state index in [4.69, 9.17) is 0 Å². The number of nitrogens with zero attached hydrogens (tertiary/aromatic N) is 2. The minimum absolute atomic E-state index is 0.0949. The average molecular weight is 194 g/mol. The highest BCUT2D eigenvalue weighted by atomic mass is 16.1. The van der Waals surface area contributed by atoms with E-state index in [2.05, 4.69) is 18.9 Å². The summed E-state index contributed by atoms with van der Waals surface area (Å²) in [6.07, 6.45) is 1.87. The Kier molecular flexibility index (Phi) is 3.44. The Balaban J connectivity index is 3.12. The van der Waals surface area contributed by atoms with E-state index >= 15 is 0 Å². The zero-order chi connectivity index (χ0) is 10.7. The summed E-state index contributed by atoms with van der Waals surface area (Å²) < 4.78 is 1.85. The van der Waals surface area contributed by atoms with Gasteiger partial charge in [-0.05, 0) is 25.8 Å². The number of aryl methyl sites for hydroxylation is 1. The quantitative estimate of drug-likeness (QED) is 0.690. The fourth-order valence-electron chi connectivity index (χ4n) is 1.39. The molecule has 0 spiro atoms. The fraction of sp³-hybridized carbons (Fsp3) is 0.636. The van der Waals surface area contributed by atoms with Crippen molar-refractivity contribution < 1.29 is 4.79 Å². The molecular formula is C11H18N2O. The Labute approximate surface area is 85.1 Å². The van der Waals surface area contributed by atoms with Crippen LogP contribution in [0.4, 0.5) is 0 Å². The van der Waals surface area contributed by atoms with Crippen molar-refractivity contribution >= 4 is 5.78 Å². The Morgan fingerprint density at radius 2 is 2.21 bits per heavy atom. The summed E-state index contributed by atoms with van der Waals surface area (Å²) in [6.45, 7) is 7.82. The lowest BCUT2D eigenvalue weighted by Gasteiger charge is -2.11. The smallest absolute Gasteiger partial charge is 0.177 e. The number of aromatic nitrogens is 2. The van der Waals surface area contributed by atoms with Crippen LogP contribution in [0.1, 0.15) is 56.3 Å². The summed E-state index contributed by atoms with van der Waals surface area (Å²) in [5, 5.41) is 4.42. The maximum absolute atomic E-state index is 11.4. The molecule has 1 aromatic rings. The Morgan fingerprint density at radius 3 is 2.64 bits per heavy atom. The molecule has 0 aromatic carbocycles. The van der Waals surface area contributed by atoms with Gasteiger partial charge in [-0.15, -0.1) is 0 Å². The van der Waals surface area contributed by atoms with Crippen molar-refractivity contribution in [3.8, 4) is 0 Å². The minimum Gasteiger partial charge on any atom is -0.293 e. The summed E-state index contributed by atoms with van der Waals surface area (Å²) >= 11 is 0. The molecule has 1 rings (SSSR count). The van der Waals surface area contributed by atoms with Gasteiger partial charge in [0.15, 0.2) is 5.78 Å². The summed E-state index contributed by atoms with van der Waals surface area (Å²) in [5.41, 5.74) is 1.73. The number of Topliss-reactive ketones (excluding diaryl/α,β-unsaturated/α-hetero) is 1. The Bertz CT molecular complexity index is 328. The first kappa shape index (κ1) is 11.0. The van der Waals surface area contributed by atoms with Gasteiger partial charge >= 0.3 is 0 Å². The molecule has 0 saturated heterocycles. The topological polar surface area (TPSA) is 34.9 Å². The minimum atomic E-state index is 0.0949. The van der Waals surface area contributed by atoms with Crippen LogP contribution >= 0.6 is 0 Å². The van der Waals surface area contributed by atoms with E-state index in [1.54, 1.807) is 6.92 Å². The summed E-state index contributed by atoms with van der Waals surface area (Å²) in [4.78, 5) is 11.4. The maximum atomic E-state index is 11.4. The van der Waals surface area contributed by atoms with Gasteiger partial charge in [-0.25, -0.2) is 0 Å². The first-order valence-corrected chi connectivity index (χ1v) is 5.19. The molecule has 0 aliphatic rings. The Hall–Kier alpha value is -1.12. The molecule has 0 amide bonds. The van der Waals surface area contributed by atoms with Crippen molar-refractivity contribution in [1.82, 2.24) is 9.78 Å². The molecule has 0 bridgehead atoms. The van der Waals surface area contributed by atoms with Crippen LogP contribution in [0.15, 0.2) is 6.07 Å². The highest BCUT2D eigenvalue weighted by Crippen LogP contribution is 2.15. The average Bonchev–Trinajstić information content (AvgIpc) is 2.60. The van der Waals surface area contributed by atoms with Gasteiger partial charge in [0.25, 0.3) is 0 Å². The third kappa shape index (κ3) is 2.03. The lowest BCUT2D eigenvalue weighted by Crippen LogP contribution is -2.12. The summed E-state index contributed by atoms with van der Waals surface area (Å²) in [6, 6.07) is 2.20. The summed E-state index contributed by atoms with van der Waals surface area (Å²) in [7, 11) is 0. The molecule has 14 heavy (non-hydrogen) atoms. The van der Waals surface area contributed by atoms with Crippen molar-refractivity contribution in [2.75, 3.05) is 0 Å². The van der Waals surface area contributed by atoms with Crippen LogP contribution in [0.3, 0.4) is 0 Å². The molecule has 0 saturated carbocycles. The zero-order valence-corrected chi connectivity index (χ0v) is 9.37. The largest absolute Gasteiger partial charge is 0.293 e. The molecule has 0 radical (unpaired) electrons. The van der Waals surface area contributed by atoms with Gasteiger partial charge in [0.05, 0.1) is 5.69 Å². The number of carbonyl (C=O) groups is 1. The van der Waals surface area contributed by atoms with E-state index in [0.29, 0.717) is 6.04 Å². The van der Waals surface area contributed by atoms with E-state index in [9.17, 15) is 4.79 Å². The normalized spacial score (nSPS) is 12.9. The highest BCUT2D eigenvalue weighted by Gasteiger charge is 2.14. The second-order valence-corrected chi connectivity index (χ2v) is 3.63. The molecule has 0 N–H and O–H groups in total. The first-order chi connectivity index (χ1) is 6.60. The number of rotatable bonds is 4. The van der Waals surface area contributed by atoms with Gasteiger partial charge in [-0.3, -0.25) is 9.48 Å². The van der Waals surface area contributed by atoms with Gasteiger partial charge in [-0.2, -0.15) is 5.10 Å². The van der Waals surface area contributed by atoms with Crippen molar-refractivity contribution in [1.29, 1.82) is 0 Å². The summed E-state index contributed by atoms with van der Waals surface area (Å²) in [5.74, 6) is 0.0949. The maximum Gasteiger partial charge on any atom is 0.177 e. The van der Waals surface area contributed by atoms with Gasteiger partial charge in [-0.1, -0.05) is 13.8 Å². The predicted molar refractivity (Wildman–Crippen MR) is 56.6 cm³/mol. The number of hydrogen-bond donors (Lipinski definition) is 0. The van der Waals surface area contributed by atoms with Crippen LogP contribution in [-0.4, -0.2) is 15.6 Å². The molecule has 0 aliphatic carbocycles. The lowest BCUT2D eigenvalue weighted by atomic mass is 10.2. The molecule has 3 heteroatoms. The second-order valence-electron chi connectivity index (χ2n) is 3.63. The van der Waals surface area contributed by atoms with Gasteiger partial charge < -0.3 is 0 Å². The molecule has 1 atom stereocenters. The molecule has 1 unspecified atom stereocenters. The highest BCUT2D eigenvalue weighted by molar-refractivity contribution is 5.92. The van der Waals surface area contributed by atoms with Crippen molar-refractivity contribution in [2.45, 2.75) is 46.6 Å². The molecule has 1 heterocycles. The predicted octanol–water partition coefficient (Wildman–Crippen LogP) is 2.62.